The van der Waals surface area contributed by atoms with Gasteiger partial charge in [0.1, 0.15) is 12.0 Å². The average molecular weight is 371 g/mol. The van der Waals surface area contributed by atoms with E-state index in [1.54, 1.807) is 0 Å². The van der Waals surface area contributed by atoms with Gasteiger partial charge in [-0.3, -0.25) is 4.79 Å². The van der Waals surface area contributed by atoms with Crippen molar-refractivity contribution in [2.24, 2.45) is 17.8 Å². The van der Waals surface area contributed by atoms with Crippen molar-refractivity contribution in [2.75, 3.05) is 0 Å². The molecule has 0 aliphatic heterocycles. The summed E-state index contributed by atoms with van der Waals surface area (Å²) in [5.41, 5.74) is 0. The Labute approximate surface area is 156 Å². The number of carbonyl (C=O) groups is 2. The Morgan fingerprint density at radius 1 is 1.27 bits per heavy atom. The SMILES string of the molecule is CCCC[C@@H](F)CCC[C@H]1[C@H](C)CC(=O)[C@@H]1CC=CCCC(O)C(=O)O. The normalized spacial score (nSPS) is 25.7. The quantitative estimate of drug-likeness (QED) is 0.461. The highest BCUT2D eigenvalue weighted by molar-refractivity contribution is 5.84. The van der Waals surface area contributed by atoms with Gasteiger partial charge in [0.2, 0.25) is 0 Å². The van der Waals surface area contributed by atoms with E-state index in [9.17, 15) is 19.1 Å². The first-order valence-corrected chi connectivity index (χ1v) is 10.1. The Kier molecular flexibility index (Phi) is 10.7. The van der Waals surface area contributed by atoms with Gasteiger partial charge in [-0.25, -0.2) is 9.18 Å². The first-order chi connectivity index (χ1) is 12.4. The van der Waals surface area contributed by atoms with Gasteiger partial charge in [0.25, 0.3) is 0 Å². The standard InChI is InChI=1S/C21H35FO4/c1-3-4-9-16(22)10-8-12-17-15(2)14-20(24)18(17)11-6-5-7-13-19(23)21(25)26/h5-6,15-19,23H,3-4,7-14H2,1-2H3,(H,25,26)/t15-,16-,17+,18-,19?/m1/s1. The second kappa shape index (κ2) is 12.2. The Hall–Kier alpha value is -1.23. The lowest BCUT2D eigenvalue weighted by atomic mass is 9.83. The maximum absolute atomic E-state index is 13.8. The number of unbranched alkanes of at least 4 members (excludes halogenated alkanes) is 1. The van der Waals surface area contributed by atoms with Crippen molar-refractivity contribution in [2.45, 2.75) is 90.3 Å². The van der Waals surface area contributed by atoms with Crippen LogP contribution in [0.3, 0.4) is 0 Å². The molecule has 0 radical (unpaired) electrons. The number of ketones is 1. The minimum absolute atomic E-state index is 0.000602. The van der Waals surface area contributed by atoms with Gasteiger partial charge in [0, 0.05) is 12.3 Å². The molecular formula is C21H35FO4. The fourth-order valence-corrected chi connectivity index (χ4v) is 3.93. The van der Waals surface area contributed by atoms with Crippen molar-refractivity contribution in [3.63, 3.8) is 0 Å². The molecule has 0 aromatic heterocycles. The molecule has 26 heavy (non-hydrogen) atoms. The van der Waals surface area contributed by atoms with Gasteiger partial charge >= 0.3 is 5.97 Å². The summed E-state index contributed by atoms with van der Waals surface area (Å²) < 4.78 is 13.8. The summed E-state index contributed by atoms with van der Waals surface area (Å²) in [5, 5.41) is 17.9. The van der Waals surface area contributed by atoms with Crippen LogP contribution in [0.25, 0.3) is 0 Å². The summed E-state index contributed by atoms with van der Waals surface area (Å²) in [6.07, 6.45) is 8.57. The summed E-state index contributed by atoms with van der Waals surface area (Å²) in [4.78, 5) is 22.8. The summed E-state index contributed by atoms with van der Waals surface area (Å²) in [6.45, 7) is 4.18. The van der Waals surface area contributed by atoms with E-state index in [-0.39, 0.29) is 12.3 Å². The molecule has 0 aromatic rings. The summed E-state index contributed by atoms with van der Waals surface area (Å²) in [6, 6.07) is 0. The second-order valence-corrected chi connectivity index (χ2v) is 7.73. The lowest BCUT2D eigenvalue weighted by Crippen LogP contribution is -2.18. The van der Waals surface area contributed by atoms with Gasteiger partial charge < -0.3 is 10.2 Å². The van der Waals surface area contributed by atoms with Crippen LogP contribution in [0.4, 0.5) is 4.39 Å². The number of aliphatic carboxylic acids is 1. The van der Waals surface area contributed by atoms with Crippen LogP contribution >= 0.6 is 0 Å². The molecule has 0 saturated heterocycles. The first kappa shape index (κ1) is 22.8. The van der Waals surface area contributed by atoms with Crippen LogP contribution in [0.1, 0.15) is 78.1 Å². The highest BCUT2D eigenvalue weighted by Gasteiger charge is 2.38. The zero-order chi connectivity index (χ0) is 19.5. The number of alkyl halides is 1. The first-order valence-electron chi connectivity index (χ1n) is 10.1. The van der Waals surface area contributed by atoms with Crippen LogP contribution in [0.5, 0.6) is 0 Å². The fourth-order valence-electron chi connectivity index (χ4n) is 3.93. The number of aliphatic hydroxyl groups excluding tert-OH is 1. The Bertz CT molecular complexity index is 463. The number of hydrogen-bond donors (Lipinski definition) is 2. The highest BCUT2D eigenvalue weighted by Crippen LogP contribution is 2.40. The van der Waals surface area contributed by atoms with Gasteiger partial charge in [-0.05, 0) is 50.4 Å². The third kappa shape index (κ3) is 7.98. The van der Waals surface area contributed by atoms with E-state index < -0.39 is 18.2 Å². The maximum Gasteiger partial charge on any atom is 0.332 e. The van der Waals surface area contributed by atoms with Crippen molar-refractivity contribution >= 4 is 11.8 Å². The van der Waals surface area contributed by atoms with E-state index in [4.69, 9.17) is 5.11 Å². The van der Waals surface area contributed by atoms with Crippen molar-refractivity contribution < 1.29 is 24.2 Å². The number of aliphatic hydroxyl groups is 1. The summed E-state index contributed by atoms with van der Waals surface area (Å²) in [7, 11) is 0. The smallest absolute Gasteiger partial charge is 0.332 e. The number of rotatable bonds is 13. The molecule has 1 unspecified atom stereocenters. The molecule has 5 heteroatoms. The van der Waals surface area contributed by atoms with Crippen LogP contribution in [-0.4, -0.2) is 34.2 Å². The second-order valence-electron chi connectivity index (χ2n) is 7.73. The third-order valence-corrected chi connectivity index (χ3v) is 5.56. The molecule has 1 saturated carbocycles. The number of Topliss-reactive ketones (excluding diaryl/α,β-unsaturated/α-hetero) is 1. The molecule has 4 nitrogen and oxygen atoms in total. The maximum atomic E-state index is 13.8. The Morgan fingerprint density at radius 2 is 1.96 bits per heavy atom. The van der Waals surface area contributed by atoms with Crippen LogP contribution in [0.2, 0.25) is 0 Å². The zero-order valence-electron chi connectivity index (χ0n) is 16.2. The molecular weight excluding hydrogens is 335 g/mol. The van der Waals surface area contributed by atoms with E-state index in [1.807, 2.05) is 12.2 Å². The zero-order valence-corrected chi connectivity index (χ0v) is 16.2. The molecule has 150 valence electrons. The molecule has 1 rings (SSSR count). The minimum atomic E-state index is -1.33. The topological polar surface area (TPSA) is 74.6 Å². The number of hydrogen-bond acceptors (Lipinski definition) is 3. The molecule has 1 fully saturated rings. The number of carboxylic acids is 1. The van der Waals surface area contributed by atoms with E-state index in [0.29, 0.717) is 49.7 Å². The van der Waals surface area contributed by atoms with Crippen LogP contribution in [0, 0.1) is 17.8 Å². The number of halogens is 1. The Balaban J connectivity index is 2.39. The van der Waals surface area contributed by atoms with Gasteiger partial charge in [-0.1, -0.05) is 45.3 Å². The number of carbonyl (C=O) groups excluding carboxylic acids is 1. The summed E-state index contributed by atoms with van der Waals surface area (Å²) in [5.74, 6) is -0.248. The highest BCUT2D eigenvalue weighted by atomic mass is 19.1. The van der Waals surface area contributed by atoms with E-state index in [0.717, 1.165) is 25.7 Å². The van der Waals surface area contributed by atoms with Gasteiger partial charge in [0.15, 0.2) is 6.10 Å². The summed E-state index contributed by atoms with van der Waals surface area (Å²) >= 11 is 0. The van der Waals surface area contributed by atoms with E-state index >= 15 is 0 Å². The predicted octanol–water partition coefficient (Wildman–Crippen LogP) is 4.70. The molecule has 0 heterocycles. The lowest BCUT2D eigenvalue weighted by molar-refractivity contribution is -0.146. The molecule has 0 bridgehead atoms. The predicted molar refractivity (Wildman–Crippen MR) is 101 cm³/mol. The molecule has 2 N–H and O–H groups in total. The molecule has 5 atom stereocenters. The number of allylic oxidation sites excluding steroid dienone is 2. The van der Waals surface area contributed by atoms with Crippen LogP contribution in [-0.2, 0) is 9.59 Å². The third-order valence-electron chi connectivity index (χ3n) is 5.56. The Morgan fingerprint density at radius 3 is 2.62 bits per heavy atom. The molecule has 0 aromatic carbocycles. The van der Waals surface area contributed by atoms with Gasteiger partial charge in [0.05, 0.1) is 0 Å². The minimum Gasteiger partial charge on any atom is -0.479 e. The van der Waals surface area contributed by atoms with Crippen molar-refractivity contribution in [1.82, 2.24) is 0 Å². The largest absolute Gasteiger partial charge is 0.479 e. The molecule has 0 amide bonds. The molecule has 0 spiro atoms. The lowest BCUT2D eigenvalue weighted by Gasteiger charge is -2.21. The van der Waals surface area contributed by atoms with Crippen LogP contribution < -0.4 is 0 Å². The fraction of sp³-hybridized carbons (Fsp3) is 0.810. The van der Waals surface area contributed by atoms with E-state index in [2.05, 4.69) is 13.8 Å². The van der Waals surface area contributed by atoms with Crippen LogP contribution in [0.15, 0.2) is 12.2 Å². The molecule has 1 aliphatic carbocycles. The average Bonchev–Trinajstić information content (AvgIpc) is 2.86. The van der Waals surface area contributed by atoms with E-state index in [1.165, 1.54) is 0 Å². The van der Waals surface area contributed by atoms with Gasteiger partial charge in [-0.2, -0.15) is 0 Å². The van der Waals surface area contributed by atoms with Crippen molar-refractivity contribution in [3.8, 4) is 0 Å². The van der Waals surface area contributed by atoms with Crippen molar-refractivity contribution in [3.05, 3.63) is 12.2 Å². The number of carboxylic acid groups (broad SMARTS) is 1. The monoisotopic (exact) mass is 370 g/mol. The van der Waals surface area contributed by atoms with Gasteiger partial charge in [-0.15, -0.1) is 0 Å². The van der Waals surface area contributed by atoms with Crippen molar-refractivity contribution in [1.29, 1.82) is 0 Å². The molecule has 1 aliphatic rings.